The fourth-order valence-corrected chi connectivity index (χ4v) is 3.71. The van der Waals surface area contributed by atoms with E-state index in [1.165, 1.54) is 18.6 Å². The van der Waals surface area contributed by atoms with Crippen molar-refractivity contribution >= 4 is 11.8 Å². The molecule has 7 heteroatoms. The summed E-state index contributed by atoms with van der Waals surface area (Å²) in [5, 5.41) is 0. The Morgan fingerprint density at radius 2 is 2.12 bits per heavy atom. The van der Waals surface area contributed by atoms with Crippen LogP contribution in [-0.2, 0) is 11.3 Å². The minimum atomic E-state index is -0.151. The fraction of sp³-hybridized carbons (Fsp3) is 0.389. The van der Waals surface area contributed by atoms with Crippen LogP contribution in [0.25, 0.3) is 0 Å². The van der Waals surface area contributed by atoms with E-state index in [0.29, 0.717) is 31.9 Å². The van der Waals surface area contributed by atoms with Crippen molar-refractivity contribution < 1.29 is 9.59 Å². The topological polar surface area (TPSA) is 79.3 Å². The number of hydrogen-bond donors (Lipinski definition) is 0. The van der Waals surface area contributed by atoms with Crippen LogP contribution in [0.5, 0.6) is 0 Å². The molecule has 4 heterocycles. The van der Waals surface area contributed by atoms with Crippen molar-refractivity contribution in [3.05, 3.63) is 53.9 Å². The molecule has 25 heavy (non-hydrogen) atoms. The van der Waals surface area contributed by atoms with Gasteiger partial charge in [-0.2, -0.15) is 0 Å². The van der Waals surface area contributed by atoms with Crippen molar-refractivity contribution in [2.24, 2.45) is 11.8 Å². The highest BCUT2D eigenvalue weighted by Gasteiger charge is 2.47. The van der Waals surface area contributed by atoms with Crippen LogP contribution >= 0.6 is 0 Å². The third-order valence-electron chi connectivity index (χ3n) is 4.89. The Kier molecular flexibility index (Phi) is 3.91. The van der Waals surface area contributed by atoms with Crippen LogP contribution in [0.4, 0.5) is 0 Å². The molecule has 4 rings (SSSR count). The Labute approximate surface area is 145 Å². The van der Waals surface area contributed by atoms with Crippen LogP contribution in [-0.4, -0.2) is 56.2 Å². The van der Waals surface area contributed by atoms with Gasteiger partial charge in [-0.3, -0.25) is 19.6 Å². The predicted octanol–water partition coefficient (Wildman–Crippen LogP) is 0.911. The highest BCUT2D eigenvalue weighted by atomic mass is 16.2. The van der Waals surface area contributed by atoms with Crippen LogP contribution in [0.3, 0.4) is 0 Å². The molecule has 2 aromatic rings. The van der Waals surface area contributed by atoms with Gasteiger partial charge in [0.05, 0.1) is 24.4 Å². The minimum Gasteiger partial charge on any atom is -0.336 e. The summed E-state index contributed by atoms with van der Waals surface area (Å²) >= 11 is 0. The van der Waals surface area contributed by atoms with Crippen LogP contribution in [0.15, 0.2) is 36.8 Å². The largest absolute Gasteiger partial charge is 0.336 e. The van der Waals surface area contributed by atoms with E-state index in [4.69, 9.17) is 0 Å². The first-order chi connectivity index (χ1) is 12.1. The van der Waals surface area contributed by atoms with Gasteiger partial charge in [-0.15, -0.1) is 0 Å². The third kappa shape index (κ3) is 2.97. The molecule has 0 spiro atoms. The number of nitrogens with zero attached hydrogens (tertiary/aromatic N) is 5. The summed E-state index contributed by atoms with van der Waals surface area (Å²) in [4.78, 5) is 41.3. The zero-order chi connectivity index (χ0) is 17.4. The molecule has 2 aliphatic rings. The molecular weight excluding hydrogens is 318 g/mol. The number of aryl methyl sites for hydroxylation is 1. The van der Waals surface area contributed by atoms with Crippen molar-refractivity contribution in [3.63, 3.8) is 0 Å². The van der Waals surface area contributed by atoms with Gasteiger partial charge in [-0.1, -0.05) is 6.07 Å². The summed E-state index contributed by atoms with van der Waals surface area (Å²) in [6, 6.07) is 5.85. The molecule has 0 saturated carbocycles. The average Bonchev–Trinajstić information content (AvgIpc) is 3.15. The van der Waals surface area contributed by atoms with E-state index in [-0.39, 0.29) is 23.7 Å². The lowest BCUT2D eigenvalue weighted by Crippen LogP contribution is -2.35. The molecule has 128 valence electrons. The predicted molar refractivity (Wildman–Crippen MR) is 89.3 cm³/mol. The second-order valence-electron chi connectivity index (χ2n) is 6.66. The van der Waals surface area contributed by atoms with Crippen LogP contribution < -0.4 is 0 Å². The van der Waals surface area contributed by atoms with Crippen molar-refractivity contribution in [1.29, 1.82) is 0 Å². The maximum absolute atomic E-state index is 12.7. The molecule has 0 N–H and O–H groups in total. The maximum Gasteiger partial charge on any atom is 0.274 e. The molecule has 2 aromatic heterocycles. The van der Waals surface area contributed by atoms with Crippen LogP contribution in [0.2, 0.25) is 0 Å². The second-order valence-corrected chi connectivity index (χ2v) is 6.66. The average molecular weight is 337 g/mol. The van der Waals surface area contributed by atoms with Gasteiger partial charge < -0.3 is 9.80 Å². The van der Waals surface area contributed by atoms with E-state index >= 15 is 0 Å². The molecule has 2 saturated heterocycles. The smallest absolute Gasteiger partial charge is 0.274 e. The van der Waals surface area contributed by atoms with Crippen molar-refractivity contribution in [1.82, 2.24) is 24.8 Å². The van der Waals surface area contributed by atoms with Crippen molar-refractivity contribution in [2.45, 2.75) is 13.5 Å². The van der Waals surface area contributed by atoms with Gasteiger partial charge in [0.25, 0.3) is 5.91 Å². The van der Waals surface area contributed by atoms with E-state index in [1.807, 2.05) is 30.0 Å². The highest BCUT2D eigenvalue weighted by molar-refractivity contribution is 5.93. The molecule has 2 amide bonds. The van der Waals surface area contributed by atoms with Crippen LogP contribution in [0, 0.1) is 18.8 Å². The Hall–Kier alpha value is -2.83. The molecule has 2 atom stereocenters. The molecule has 0 unspecified atom stereocenters. The molecule has 2 aliphatic heterocycles. The van der Waals surface area contributed by atoms with Gasteiger partial charge in [0.15, 0.2) is 0 Å². The van der Waals surface area contributed by atoms with E-state index in [0.717, 1.165) is 11.4 Å². The molecular formula is C18H19N5O2. The van der Waals surface area contributed by atoms with Gasteiger partial charge in [-0.05, 0) is 19.1 Å². The monoisotopic (exact) mass is 337 g/mol. The molecule has 0 radical (unpaired) electrons. The normalized spacial score (nSPS) is 22.4. The van der Waals surface area contributed by atoms with Crippen molar-refractivity contribution in [3.8, 4) is 0 Å². The van der Waals surface area contributed by atoms with Gasteiger partial charge in [0.2, 0.25) is 5.91 Å². The second kappa shape index (κ2) is 6.23. The van der Waals surface area contributed by atoms with Crippen LogP contribution in [0.1, 0.15) is 21.9 Å². The first-order valence-electron chi connectivity index (χ1n) is 8.38. The zero-order valence-electron chi connectivity index (χ0n) is 14.0. The molecule has 0 bridgehead atoms. The molecule has 2 fully saturated rings. The molecule has 0 aliphatic carbocycles. The summed E-state index contributed by atoms with van der Waals surface area (Å²) in [5.41, 5.74) is 2.18. The summed E-state index contributed by atoms with van der Waals surface area (Å²) < 4.78 is 0. The number of likely N-dealkylation sites (tertiary alicyclic amines) is 2. The Morgan fingerprint density at radius 3 is 2.84 bits per heavy atom. The van der Waals surface area contributed by atoms with Gasteiger partial charge >= 0.3 is 0 Å². The first-order valence-corrected chi connectivity index (χ1v) is 8.38. The number of fused-ring (bicyclic) bond motifs is 1. The quantitative estimate of drug-likeness (QED) is 0.832. The first kappa shape index (κ1) is 15.7. The SMILES string of the molecule is Cc1cccc(CN2C[C@@H]3CN(C(=O)c4cnccn4)C[C@H]3C2=O)n1. The van der Waals surface area contributed by atoms with Crippen molar-refractivity contribution in [2.75, 3.05) is 19.6 Å². The summed E-state index contributed by atoms with van der Waals surface area (Å²) in [7, 11) is 0. The lowest BCUT2D eigenvalue weighted by atomic mass is 10.0. The van der Waals surface area contributed by atoms with Gasteiger partial charge in [0.1, 0.15) is 5.69 Å². The van der Waals surface area contributed by atoms with E-state index in [9.17, 15) is 9.59 Å². The molecule has 0 aromatic carbocycles. The number of rotatable bonds is 3. The van der Waals surface area contributed by atoms with E-state index in [2.05, 4.69) is 15.0 Å². The zero-order valence-corrected chi connectivity index (χ0v) is 14.0. The Bertz CT molecular complexity index is 810. The molecule has 7 nitrogen and oxygen atoms in total. The Morgan fingerprint density at radius 1 is 1.24 bits per heavy atom. The fourth-order valence-electron chi connectivity index (χ4n) is 3.71. The highest BCUT2D eigenvalue weighted by Crippen LogP contribution is 2.33. The summed E-state index contributed by atoms with van der Waals surface area (Å²) in [6.45, 7) is 4.19. The summed E-state index contributed by atoms with van der Waals surface area (Å²) in [5.74, 6) is 0.0216. The van der Waals surface area contributed by atoms with Gasteiger partial charge in [0, 0.05) is 43.6 Å². The summed E-state index contributed by atoms with van der Waals surface area (Å²) in [6.07, 6.45) is 4.51. The van der Waals surface area contributed by atoms with Gasteiger partial charge in [-0.25, -0.2) is 4.98 Å². The maximum atomic E-state index is 12.7. The lowest BCUT2D eigenvalue weighted by molar-refractivity contribution is -0.131. The number of amides is 2. The lowest BCUT2D eigenvalue weighted by Gasteiger charge is -2.21. The number of aromatic nitrogens is 3. The van der Waals surface area contributed by atoms with E-state index in [1.54, 1.807) is 4.90 Å². The number of pyridine rings is 1. The minimum absolute atomic E-state index is 0.114. The Balaban J connectivity index is 1.42. The number of carbonyl (C=O) groups is 2. The number of carbonyl (C=O) groups excluding carboxylic acids is 2. The number of hydrogen-bond acceptors (Lipinski definition) is 5. The van der Waals surface area contributed by atoms with E-state index < -0.39 is 0 Å². The third-order valence-corrected chi connectivity index (χ3v) is 4.89. The standard InChI is InChI=1S/C18H19N5O2/c1-12-3-2-4-14(21-12)10-22-8-13-9-23(11-15(13)17(22)24)18(25)16-7-19-5-6-20-16/h2-7,13,15H,8-11H2,1H3/t13-,15-/m1/s1.